The Morgan fingerprint density at radius 3 is 2.28 bits per heavy atom. The number of carbonyl (C=O) groups is 3. The van der Waals surface area contributed by atoms with Crippen molar-refractivity contribution in [1.29, 1.82) is 0 Å². The highest BCUT2D eigenvalue weighted by Crippen LogP contribution is 2.62. The molecule has 5 bridgehead atoms. The number of Topliss-reactive ketones (excluding diaryl/α,β-unsaturated/α-hetero) is 1. The number of aliphatic hydroxyl groups excluding tert-OH is 2. The van der Waals surface area contributed by atoms with Crippen LogP contribution in [0.2, 0.25) is 0 Å². The second kappa shape index (κ2) is 20.7. The minimum Gasteiger partial charge on any atom is -0.507 e. The summed E-state index contributed by atoms with van der Waals surface area (Å²) in [6.45, 7) is 24.7. The van der Waals surface area contributed by atoms with Gasteiger partial charge in [0, 0.05) is 106 Å². The van der Waals surface area contributed by atoms with Gasteiger partial charge in [-0.2, -0.15) is 0 Å². The number of aromatic hydroxyl groups is 2. The van der Waals surface area contributed by atoms with Gasteiger partial charge in [0.2, 0.25) is 0 Å². The number of ketones is 1. The van der Waals surface area contributed by atoms with Crippen molar-refractivity contribution in [2.24, 2.45) is 45.0 Å². The summed E-state index contributed by atoms with van der Waals surface area (Å²) in [5.74, 6) is -5.55. The molecule has 394 valence electrons. The number of piperazine rings is 1. The van der Waals surface area contributed by atoms with E-state index in [1.54, 1.807) is 57.1 Å². The van der Waals surface area contributed by atoms with E-state index in [4.69, 9.17) is 23.9 Å². The number of phenols is 2. The molecule has 0 unspecified atom stereocenters. The summed E-state index contributed by atoms with van der Waals surface area (Å²) in [6.07, 6.45) is 8.12. The molecule has 5 N–H and O–H groups in total. The van der Waals surface area contributed by atoms with E-state index < -0.39 is 88.5 Å². The van der Waals surface area contributed by atoms with Crippen molar-refractivity contribution in [2.75, 3.05) is 64.8 Å². The summed E-state index contributed by atoms with van der Waals surface area (Å²) in [7, 11) is 1.56. The van der Waals surface area contributed by atoms with Crippen LogP contribution in [0.4, 0.5) is 10.5 Å². The Balaban J connectivity index is 1.19. The van der Waals surface area contributed by atoms with Gasteiger partial charge in [-0.1, -0.05) is 73.1 Å². The maximum atomic E-state index is 15.0. The number of aliphatic hydroxyl groups is 2. The average molecular weight is 999 g/mol. The number of unbranched alkanes of at least 4 members (excludes halogenated alkanes) is 1. The molecule has 7 aliphatic rings. The van der Waals surface area contributed by atoms with Gasteiger partial charge in [0.25, 0.3) is 11.7 Å². The summed E-state index contributed by atoms with van der Waals surface area (Å²) in [4.78, 5) is 59.0. The van der Waals surface area contributed by atoms with Gasteiger partial charge < -0.3 is 54.5 Å². The molecule has 17 nitrogen and oxygen atoms in total. The van der Waals surface area contributed by atoms with E-state index in [-0.39, 0.29) is 49.7 Å². The van der Waals surface area contributed by atoms with E-state index in [2.05, 4.69) is 40.9 Å². The number of nitrogens with zero attached hydrogens (tertiary/aromatic N) is 5. The Labute approximate surface area is 423 Å². The molecule has 9 rings (SSSR count). The van der Waals surface area contributed by atoms with Gasteiger partial charge >= 0.3 is 11.9 Å². The first kappa shape index (κ1) is 53.2. The molecule has 2 aromatic rings. The molecule has 17 heteroatoms. The SMILES string of the molecule is CCCCN1CCN(C(=O)O[C@@H]2C[C@]23[C@H](C)[C@H](O)[C@H](C)[C@@H](O)[C@@H](C)/C=C/C=C(/C)C(=O)N=c2c(O)c4c(O)c(C)c5c(c4c4c2=NC2(CCN(CC(C)C)CC2)N4)C(=O)[C@@](C)(O/C=C/[C@H](OC)[C@H]3C)O5)CC1. The maximum absolute atomic E-state index is 15.0. The highest BCUT2D eigenvalue weighted by Gasteiger charge is 2.66. The summed E-state index contributed by atoms with van der Waals surface area (Å²) in [5, 5.41) is 51.9. The van der Waals surface area contributed by atoms with E-state index in [1.807, 2.05) is 20.8 Å². The molecule has 2 amide bonds. The number of benzene rings is 2. The van der Waals surface area contributed by atoms with Gasteiger partial charge in [0.05, 0.1) is 41.2 Å². The third-order valence-corrected chi connectivity index (χ3v) is 16.9. The Kier molecular flexibility index (Phi) is 15.3. The lowest BCUT2D eigenvalue weighted by Gasteiger charge is -2.40. The molecule has 0 radical (unpaired) electrons. The smallest absolute Gasteiger partial charge is 0.410 e. The van der Waals surface area contributed by atoms with Gasteiger partial charge in [-0.3, -0.25) is 19.5 Å². The number of phenolic OH excluding ortho intramolecular Hbond substituents is 2. The van der Waals surface area contributed by atoms with E-state index in [1.165, 1.54) is 13.2 Å². The van der Waals surface area contributed by atoms with Gasteiger partial charge in [-0.05, 0) is 57.1 Å². The number of carbonyl (C=O) groups excluding carboxylic acids is 3. The molecule has 2 spiro atoms. The fraction of sp³-hybridized carbons (Fsp3) is 0.655. The second-order valence-electron chi connectivity index (χ2n) is 22.1. The van der Waals surface area contributed by atoms with Gasteiger partial charge in [-0.15, -0.1) is 0 Å². The summed E-state index contributed by atoms with van der Waals surface area (Å²) in [5.41, 5.74) is -0.860. The Morgan fingerprint density at radius 2 is 1.62 bits per heavy atom. The molecule has 1 saturated carbocycles. The number of methoxy groups -OCH3 is 1. The first-order chi connectivity index (χ1) is 34.1. The third-order valence-electron chi connectivity index (χ3n) is 16.9. The molecule has 1 aliphatic carbocycles. The van der Waals surface area contributed by atoms with Gasteiger partial charge in [0.15, 0.2) is 5.75 Å². The molecule has 2 aromatic carbocycles. The van der Waals surface area contributed by atoms with Crippen LogP contribution in [-0.4, -0.2) is 148 Å². The van der Waals surface area contributed by atoms with Crippen LogP contribution in [0.3, 0.4) is 0 Å². The molecule has 6 aliphatic heterocycles. The van der Waals surface area contributed by atoms with E-state index in [0.717, 1.165) is 52.1 Å². The van der Waals surface area contributed by atoms with Crippen LogP contribution in [0, 0.1) is 41.9 Å². The van der Waals surface area contributed by atoms with Crippen molar-refractivity contribution >= 4 is 34.2 Å². The summed E-state index contributed by atoms with van der Waals surface area (Å²) >= 11 is 0. The van der Waals surface area contributed by atoms with Crippen molar-refractivity contribution in [1.82, 2.24) is 14.7 Å². The lowest BCUT2D eigenvalue weighted by molar-refractivity contribution is -0.114. The monoisotopic (exact) mass is 999 g/mol. The lowest BCUT2D eigenvalue weighted by Crippen LogP contribution is -2.49. The largest absolute Gasteiger partial charge is 0.507 e. The molecular formula is C55H78N6O11. The number of fused-ring (bicyclic) bond motifs is 11. The van der Waals surface area contributed by atoms with Crippen LogP contribution < -0.4 is 20.8 Å². The molecule has 6 heterocycles. The van der Waals surface area contributed by atoms with E-state index in [9.17, 15) is 30.0 Å². The zero-order chi connectivity index (χ0) is 52.2. The number of hydrogen-bond donors (Lipinski definition) is 5. The number of likely N-dealkylation sites (tertiary alicyclic amines) is 1. The fourth-order valence-electron chi connectivity index (χ4n) is 12.1. The predicted octanol–water partition coefficient (Wildman–Crippen LogP) is 6.13. The fourth-order valence-corrected chi connectivity index (χ4v) is 12.1. The molecule has 2 saturated heterocycles. The Hall–Kier alpha value is -5.07. The van der Waals surface area contributed by atoms with Gasteiger partial charge in [-0.25, -0.2) is 9.79 Å². The van der Waals surface area contributed by atoms with Crippen molar-refractivity contribution in [2.45, 2.75) is 137 Å². The number of piperidine rings is 1. The van der Waals surface area contributed by atoms with E-state index in [0.29, 0.717) is 44.0 Å². The Bertz CT molecular complexity index is 2650. The number of allylic oxidation sites excluding steroid dienone is 2. The third kappa shape index (κ3) is 9.64. The van der Waals surface area contributed by atoms with Crippen molar-refractivity contribution in [3.63, 3.8) is 0 Å². The number of hydrogen-bond acceptors (Lipinski definition) is 15. The highest BCUT2D eigenvalue weighted by molar-refractivity contribution is 6.21. The van der Waals surface area contributed by atoms with Crippen LogP contribution in [0.25, 0.3) is 10.8 Å². The zero-order valence-corrected chi connectivity index (χ0v) is 44.2. The van der Waals surface area contributed by atoms with Crippen molar-refractivity contribution < 1.29 is 53.8 Å². The van der Waals surface area contributed by atoms with Crippen molar-refractivity contribution in [3.8, 4) is 17.2 Å². The second-order valence-corrected chi connectivity index (χ2v) is 22.1. The van der Waals surface area contributed by atoms with Crippen LogP contribution in [-0.2, 0) is 19.0 Å². The number of amides is 2. The number of rotatable bonds is 7. The Morgan fingerprint density at radius 1 is 0.931 bits per heavy atom. The average Bonchev–Trinajstić information content (AvgIpc) is 3.86. The molecule has 10 atom stereocenters. The van der Waals surface area contributed by atoms with E-state index >= 15 is 4.79 Å². The van der Waals surface area contributed by atoms with Crippen LogP contribution in [0.15, 0.2) is 46.1 Å². The quantitative estimate of drug-likeness (QED) is 0.198. The lowest BCUT2D eigenvalue weighted by atomic mass is 9.70. The maximum Gasteiger partial charge on any atom is 0.410 e. The zero-order valence-electron chi connectivity index (χ0n) is 44.2. The van der Waals surface area contributed by atoms with Crippen LogP contribution in [0.1, 0.15) is 110 Å². The number of nitrogens with one attached hydrogen (secondary N) is 1. The molecule has 3 fully saturated rings. The molecular weight excluding hydrogens is 921 g/mol. The molecule has 72 heavy (non-hydrogen) atoms. The van der Waals surface area contributed by atoms with Crippen LogP contribution in [0.5, 0.6) is 17.2 Å². The predicted molar refractivity (Wildman–Crippen MR) is 272 cm³/mol. The van der Waals surface area contributed by atoms with Crippen molar-refractivity contribution in [3.05, 3.63) is 58.0 Å². The number of anilines is 1. The van der Waals surface area contributed by atoms with Gasteiger partial charge in [0.1, 0.15) is 34.0 Å². The summed E-state index contributed by atoms with van der Waals surface area (Å²) in [6, 6.07) is 0. The molecule has 0 aromatic heterocycles. The summed E-state index contributed by atoms with van der Waals surface area (Å²) < 4.78 is 25.2. The normalized spacial score (nSPS) is 33.8. The first-order valence-corrected chi connectivity index (χ1v) is 26.2. The standard InChI is InChI=1S/C55H78N6O11/c1-12-13-20-59-23-25-61(26-24-59)52(68)71-38-28-55(38)35(8)37(69-11)17-27-70-53(10)50(66)41-39-40(47(64)34(7)49(41)72-53)48(65)44(43-42(39)57-54(58-43)18-21-60(22-19-54)29-30(2)3)56-51(67)32(5)16-14-15-31(4)45(62)33(6)46(63)36(55)9/h14-17,27,30-31,33,35-38,45-46,57,62-65H,12-13,18-26,28-29H2,1-11H3/b15-14+,27-17+,32-16-,56-44?/t31-,33+,35+,36+,37-,38+,45-,46+,53-,55-/m0/s1. The minimum absolute atomic E-state index is 0.0714. The first-order valence-electron chi connectivity index (χ1n) is 26.2. The topological polar surface area (TPSA) is 216 Å². The minimum atomic E-state index is -1.95. The van der Waals surface area contributed by atoms with Crippen LogP contribution >= 0.6 is 0 Å². The highest BCUT2D eigenvalue weighted by atomic mass is 16.7. The number of ether oxygens (including phenoxy) is 4.